The Balaban J connectivity index is 1.90. The van der Waals surface area contributed by atoms with Crippen LogP contribution in [-0.4, -0.2) is 35.7 Å². The van der Waals surface area contributed by atoms with Crippen molar-refractivity contribution in [2.45, 2.75) is 59.9 Å². The zero-order valence-electron chi connectivity index (χ0n) is 19.9. The molecule has 3 aromatic rings. The van der Waals surface area contributed by atoms with E-state index in [4.69, 9.17) is 9.15 Å². The number of hydrogen-bond donors (Lipinski definition) is 3. The van der Waals surface area contributed by atoms with Crippen LogP contribution in [0.4, 0.5) is 0 Å². The van der Waals surface area contributed by atoms with E-state index in [0.717, 1.165) is 36.0 Å². The second kappa shape index (κ2) is 11.6. The van der Waals surface area contributed by atoms with Crippen LogP contribution >= 0.6 is 0 Å². The van der Waals surface area contributed by atoms with Gasteiger partial charge in [0.1, 0.15) is 11.5 Å². The Morgan fingerprint density at radius 2 is 1.88 bits per heavy atom. The fourth-order valence-corrected chi connectivity index (χ4v) is 3.84. The Hall–Kier alpha value is -3.26. The van der Waals surface area contributed by atoms with Crippen molar-refractivity contribution < 1.29 is 18.7 Å². The fourth-order valence-electron chi connectivity index (χ4n) is 3.84. The topological polar surface area (TPSA) is 97.5 Å². The van der Waals surface area contributed by atoms with E-state index in [0.29, 0.717) is 36.7 Å². The number of nitrogens with one attached hydrogen (secondary N) is 3. The van der Waals surface area contributed by atoms with Crippen LogP contribution in [0.2, 0.25) is 0 Å². The van der Waals surface area contributed by atoms with Crippen molar-refractivity contribution in [3.8, 4) is 5.75 Å². The molecular weight excluding hydrogens is 420 g/mol. The molecule has 8 nitrogen and oxygen atoms in total. The van der Waals surface area contributed by atoms with Gasteiger partial charge < -0.3 is 24.4 Å². The summed E-state index contributed by atoms with van der Waals surface area (Å²) in [4.78, 5) is 25.7. The van der Waals surface area contributed by atoms with Crippen molar-refractivity contribution in [1.29, 1.82) is 0 Å². The van der Waals surface area contributed by atoms with Crippen molar-refractivity contribution in [2.24, 2.45) is 0 Å². The van der Waals surface area contributed by atoms with Crippen LogP contribution in [0.1, 0.15) is 55.4 Å². The molecule has 0 aliphatic carbocycles. The van der Waals surface area contributed by atoms with Gasteiger partial charge >= 0.3 is 0 Å². The second-order valence-corrected chi connectivity index (χ2v) is 7.89. The molecule has 0 bridgehead atoms. The largest absolute Gasteiger partial charge is 0.467 e. The lowest BCUT2D eigenvalue weighted by Crippen LogP contribution is -2.48. The first kappa shape index (κ1) is 24.4. The molecule has 1 atom stereocenters. The fraction of sp³-hybridized carbons (Fsp3) is 0.440. The van der Waals surface area contributed by atoms with Crippen molar-refractivity contribution in [2.75, 3.05) is 13.1 Å². The maximum Gasteiger partial charge on any atom is 0.276 e. The summed E-state index contributed by atoms with van der Waals surface area (Å²) >= 11 is 0. The smallest absolute Gasteiger partial charge is 0.276 e. The highest BCUT2D eigenvalue weighted by molar-refractivity contribution is 6.08. The minimum Gasteiger partial charge on any atom is -0.467 e. The Morgan fingerprint density at radius 1 is 1.09 bits per heavy atom. The predicted octanol–water partition coefficient (Wildman–Crippen LogP) is 3.72. The number of amides is 2. The van der Waals surface area contributed by atoms with Crippen LogP contribution in [0.25, 0.3) is 10.9 Å². The van der Waals surface area contributed by atoms with Crippen molar-refractivity contribution in [1.82, 2.24) is 20.5 Å². The maximum atomic E-state index is 13.1. The quantitative estimate of drug-likeness (QED) is 0.362. The van der Waals surface area contributed by atoms with E-state index in [2.05, 4.69) is 20.5 Å². The van der Waals surface area contributed by atoms with Gasteiger partial charge in [0.05, 0.1) is 18.4 Å². The summed E-state index contributed by atoms with van der Waals surface area (Å²) in [6, 6.07) is 9.22. The third-order valence-electron chi connectivity index (χ3n) is 5.46. The van der Waals surface area contributed by atoms with Gasteiger partial charge in [0.2, 0.25) is 6.23 Å². The first-order valence-corrected chi connectivity index (χ1v) is 11.6. The lowest BCUT2D eigenvalue weighted by atomic mass is 10.1. The van der Waals surface area contributed by atoms with E-state index in [1.165, 1.54) is 0 Å². The molecule has 0 radical (unpaired) electrons. The highest BCUT2D eigenvalue weighted by Gasteiger charge is 2.23. The number of ether oxygens (including phenoxy) is 1. The van der Waals surface area contributed by atoms with E-state index >= 15 is 0 Å². The third-order valence-corrected chi connectivity index (χ3v) is 5.46. The van der Waals surface area contributed by atoms with Gasteiger partial charge in [-0.25, -0.2) is 0 Å². The average Bonchev–Trinajstić information content (AvgIpc) is 3.43. The Morgan fingerprint density at radius 3 is 2.55 bits per heavy atom. The van der Waals surface area contributed by atoms with Crippen LogP contribution in [0.15, 0.2) is 41.0 Å². The molecule has 1 aromatic carbocycles. The summed E-state index contributed by atoms with van der Waals surface area (Å²) in [7, 11) is 0. The number of nitrogens with zero attached hydrogens (tertiary/aromatic N) is 1. The second-order valence-electron chi connectivity index (χ2n) is 7.89. The summed E-state index contributed by atoms with van der Waals surface area (Å²) in [5, 5.41) is 9.75. The molecule has 3 N–H and O–H groups in total. The number of rotatable bonds is 12. The molecular formula is C25H34N4O4. The summed E-state index contributed by atoms with van der Waals surface area (Å²) in [5.41, 5.74) is 2.42. The molecule has 33 heavy (non-hydrogen) atoms. The standard InChI is InChI=1S/C25H34N4O4/c1-5-12-26-24(31)25(27-13-6-2)33-18-10-11-21-20(15-18)22(17(4)29(21)7-3)23(30)28-16-19-9-8-14-32-19/h8-11,14-15,25,27H,5-7,12-13,16H2,1-4H3,(H,26,31)(H,28,30). The van der Waals surface area contributed by atoms with Gasteiger partial charge in [-0.1, -0.05) is 13.8 Å². The van der Waals surface area contributed by atoms with Gasteiger partial charge in [-0.05, 0) is 63.6 Å². The van der Waals surface area contributed by atoms with Crippen molar-refractivity contribution in [3.05, 3.63) is 53.6 Å². The van der Waals surface area contributed by atoms with E-state index in [1.54, 1.807) is 12.3 Å². The monoisotopic (exact) mass is 454 g/mol. The first-order valence-electron chi connectivity index (χ1n) is 11.6. The molecule has 0 aliphatic rings. The summed E-state index contributed by atoms with van der Waals surface area (Å²) in [5.74, 6) is 0.826. The normalized spacial score (nSPS) is 12.0. The Bertz CT molecular complexity index is 1070. The van der Waals surface area contributed by atoms with Crippen LogP contribution in [0.3, 0.4) is 0 Å². The Labute approximate surface area is 194 Å². The predicted molar refractivity (Wildman–Crippen MR) is 128 cm³/mol. The molecule has 1 unspecified atom stereocenters. The zero-order chi connectivity index (χ0) is 23.8. The highest BCUT2D eigenvalue weighted by atomic mass is 16.5. The number of aryl methyl sites for hydroxylation is 1. The van der Waals surface area contributed by atoms with Crippen LogP contribution < -0.4 is 20.7 Å². The minimum absolute atomic E-state index is 0.181. The van der Waals surface area contributed by atoms with E-state index in [9.17, 15) is 9.59 Å². The van der Waals surface area contributed by atoms with Gasteiger partial charge in [0, 0.05) is 29.7 Å². The third kappa shape index (κ3) is 5.76. The molecule has 0 spiro atoms. The number of fused-ring (bicyclic) bond motifs is 1. The summed E-state index contributed by atoms with van der Waals surface area (Å²) in [6.45, 7) is 10.3. The number of hydrogen-bond acceptors (Lipinski definition) is 5. The van der Waals surface area contributed by atoms with Crippen LogP contribution in [-0.2, 0) is 17.9 Å². The first-order chi connectivity index (χ1) is 16.0. The summed E-state index contributed by atoms with van der Waals surface area (Å²) < 4.78 is 13.5. The Kier molecular flexibility index (Phi) is 8.54. The van der Waals surface area contributed by atoms with Crippen LogP contribution in [0.5, 0.6) is 5.75 Å². The number of furan rings is 1. The molecule has 2 heterocycles. The van der Waals surface area contributed by atoms with Gasteiger partial charge in [-0.3, -0.25) is 14.9 Å². The van der Waals surface area contributed by atoms with E-state index in [1.807, 2.05) is 52.0 Å². The minimum atomic E-state index is -0.806. The number of benzene rings is 1. The lowest BCUT2D eigenvalue weighted by molar-refractivity contribution is -0.129. The number of carbonyl (C=O) groups is 2. The summed E-state index contributed by atoms with van der Waals surface area (Å²) in [6.07, 6.45) is 2.50. The molecule has 3 rings (SSSR count). The molecule has 2 aromatic heterocycles. The number of aromatic nitrogens is 1. The molecule has 0 saturated heterocycles. The SMILES string of the molecule is CCCNC(=O)C(NCCC)Oc1ccc2c(c1)c(C(=O)NCc1ccco1)c(C)n2CC. The molecule has 0 saturated carbocycles. The molecule has 0 fully saturated rings. The van der Waals surface area contributed by atoms with E-state index in [-0.39, 0.29) is 11.8 Å². The van der Waals surface area contributed by atoms with E-state index < -0.39 is 6.23 Å². The highest BCUT2D eigenvalue weighted by Crippen LogP contribution is 2.30. The lowest BCUT2D eigenvalue weighted by Gasteiger charge is -2.20. The maximum absolute atomic E-state index is 13.1. The van der Waals surface area contributed by atoms with Crippen molar-refractivity contribution >= 4 is 22.7 Å². The molecule has 0 aliphatic heterocycles. The molecule has 2 amide bonds. The van der Waals surface area contributed by atoms with Crippen molar-refractivity contribution in [3.63, 3.8) is 0 Å². The van der Waals surface area contributed by atoms with Gasteiger partial charge in [-0.15, -0.1) is 0 Å². The van der Waals surface area contributed by atoms with Gasteiger partial charge in [0.15, 0.2) is 0 Å². The van der Waals surface area contributed by atoms with Gasteiger partial charge in [0.25, 0.3) is 11.8 Å². The average molecular weight is 455 g/mol. The van der Waals surface area contributed by atoms with Crippen LogP contribution in [0, 0.1) is 6.92 Å². The van der Waals surface area contributed by atoms with Gasteiger partial charge in [-0.2, -0.15) is 0 Å². The molecule has 178 valence electrons. The number of carbonyl (C=O) groups excluding carboxylic acids is 2. The molecule has 8 heteroatoms. The zero-order valence-corrected chi connectivity index (χ0v) is 19.9.